The maximum Gasteiger partial charge on any atom is 0.353 e. The van der Waals surface area contributed by atoms with Gasteiger partial charge in [-0.15, -0.1) is 0 Å². The molecule has 1 saturated heterocycles. The molecule has 3 aliphatic rings. The topological polar surface area (TPSA) is 26.3 Å². The van der Waals surface area contributed by atoms with Crippen LogP contribution in [0.3, 0.4) is 0 Å². The molecule has 5 rings (SSSR count). The molecule has 5 heteroatoms. The molecule has 146 valence electrons. The van der Waals surface area contributed by atoms with E-state index < -0.39 is 11.6 Å². The van der Waals surface area contributed by atoms with Crippen LogP contribution in [0.25, 0.3) is 11.1 Å². The summed E-state index contributed by atoms with van der Waals surface area (Å²) in [6.07, 6.45) is 5.66. The fourth-order valence-electron chi connectivity index (χ4n) is 5.01. The summed E-state index contributed by atoms with van der Waals surface area (Å²) in [4.78, 5) is 13.1. The summed E-state index contributed by atoms with van der Waals surface area (Å²) in [6, 6.07) is 15.1. The molecule has 1 fully saturated rings. The summed E-state index contributed by atoms with van der Waals surface area (Å²) in [5, 5.41) is 0. The van der Waals surface area contributed by atoms with Crippen molar-refractivity contribution in [3.05, 3.63) is 71.8 Å². The average Bonchev–Trinajstić information content (AvgIpc) is 2.96. The van der Waals surface area contributed by atoms with Crippen LogP contribution in [0, 0.1) is 0 Å². The molecule has 0 radical (unpaired) electrons. The number of hydrogen-bond donors (Lipinski definition) is 0. The number of piperidine rings is 1. The molecule has 2 aromatic rings. The summed E-state index contributed by atoms with van der Waals surface area (Å²) in [5.41, 5.74) is 0.0986. The summed E-state index contributed by atoms with van der Waals surface area (Å²) < 4.78 is 23.0. The van der Waals surface area contributed by atoms with E-state index in [1.54, 1.807) is 24.3 Å². The quantitative estimate of drug-likeness (QED) is 0.392. The lowest BCUT2D eigenvalue weighted by atomic mass is 9.92. The molecule has 1 aliphatic carbocycles. The average molecular weight is 444 g/mol. The van der Waals surface area contributed by atoms with E-state index >= 15 is 4.39 Å². The highest BCUT2D eigenvalue weighted by Gasteiger charge is 2.53. The van der Waals surface area contributed by atoms with Crippen LogP contribution in [0.4, 0.5) is 4.39 Å². The molecule has 2 aliphatic heterocycles. The van der Waals surface area contributed by atoms with E-state index in [4.69, 9.17) is 4.74 Å². The fraction of sp³-hybridized carbons (Fsp3) is 0.348. The van der Waals surface area contributed by atoms with Gasteiger partial charge in [-0.05, 0) is 23.3 Å². The van der Waals surface area contributed by atoms with Crippen LogP contribution in [0.2, 0.25) is 0 Å². The summed E-state index contributed by atoms with van der Waals surface area (Å²) in [7, 11) is 4.40. The van der Waals surface area contributed by atoms with Crippen molar-refractivity contribution in [1.29, 1.82) is 0 Å². The van der Waals surface area contributed by atoms with Gasteiger partial charge in [0.15, 0.2) is 0 Å². The second-order valence-corrected chi connectivity index (χ2v) is 8.40. The van der Waals surface area contributed by atoms with Gasteiger partial charge in [0.05, 0.1) is 14.1 Å². The Hall–Kier alpha value is -1.98. The molecule has 2 unspecified atom stereocenters. The van der Waals surface area contributed by atoms with Gasteiger partial charge < -0.3 is 26.2 Å². The van der Waals surface area contributed by atoms with Crippen molar-refractivity contribution < 1.29 is 35.4 Å². The summed E-state index contributed by atoms with van der Waals surface area (Å²) in [5.74, 6) is -0.781. The number of alkyl halides is 1. The van der Waals surface area contributed by atoms with Crippen LogP contribution in [0.1, 0.15) is 24.0 Å². The lowest BCUT2D eigenvalue weighted by molar-refractivity contribution is -0.926. The predicted molar refractivity (Wildman–Crippen MR) is 102 cm³/mol. The first-order valence-corrected chi connectivity index (χ1v) is 9.53. The van der Waals surface area contributed by atoms with Gasteiger partial charge in [0.25, 0.3) is 5.67 Å². The molecule has 0 N–H and O–H groups in total. The minimum atomic E-state index is -2.23. The van der Waals surface area contributed by atoms with Crippen molar-refractivity contribution >= 4 is 5.97 Å². The largest absolute Gasteiger partial charge is 1.00 e. The van der Waals surface area contributed by atoms with Crippen molar-refractivity contribution in [1.82, 2.24) is 0 Å². The molecule has 0 aromatic heterocycles. The third-order valence-corrected chi connectivity index (χ3v) is 6.72. The van der Waals surface area contributed by atoms with Crippen molar-refractivity contribution in [2.45, 2.75) is 36.7 Å². The van der Waals surface area contributed by atoms with Crippen LogP contribution in [-0.2, 0) is 15.2 Å². The van der Waals surface area contributed by atoms with Gasteiger partial charge in [-0.25, -0.2) is 9.18 Å². The fourth-order valence-corrected chi connectivity index (χ4v) is 5.01. The molecule has 28 heavy (non-hydrogen) atoms. The molecular weight excluding hydrogens is 421 g/mol. The number of rotatable bonds is 2. The molecule has 3 nitrogen and oxygen atoms in total. The maximum atomic E-state index is 16.3. The number of likely N-dealkylation sites (N-methyl/N-ethyl adjacent to an activating group) is 1. The number of carbonyl (C=O) groups is 1. The predicted octanol–water partition coefficient (Wildman–Crippen LogP) is 0.973. The second-order valence-electron chi connectivity index (χ2n) is 8.40. The van der Waals surface area contributed by atoms with Crippen molar-refractivity contribution in [3.63, 3.8) is 0 Å². The number of esters is 1. The van der Waals surface area contributed by atoms with Gasteiger partial charge in [0.1, 0.15) is 18.2 Å². The number of quaternary nitrogens is 1. The molecule has 0 spiro atoms. The van der Waals surface area contributed by atoms with E-state index in [0.29, 0.717) is 23.2 Å². The Labute approximate surface area is 175 Å². The van der Waals surface area contributed by atoms with Crippen molar-refractivity contribution in [3.8, 4) is 11.1 Å². The van der Waals surface area contributed by atoms with E-state index in [0.717, 1.165) is 28.5 Å². The number of fused-ring (bicyclic) bond motifs is 5. The Kier molecular flexibility index (Phi) is 4.51. The lowest BCUT2D eigenvalue weighted by Gasteiger charge is -2.44. The van der Waals surface area contributed by atoms with Crippen LogP contribution in [0.5, 0.6) is 0 Å². The molecule has 0 saturated carbocycles. The van der Waals surface area contributed by atoms with Crippen LogP contribution in [-0.4, -0.2) is 42.7 Å². The molecule has 2 heterocycles. The van der Waals surface area contributed by atoms with E-state index in [1.165, 1.54) is 0 Å². The zero-order chi connectivity index (χ0) is 18.8. The van der Waals surface area contributed by atoms with Gasteiger partial charge in [-0.2, -0.15) is 0 Å². The minimum Gasteiger partial charge on any atom is -1.00 e. The van der Waals surface area contributed by atoms with Gasteiger partial charge in [0, 0.05) is 24.0 Å². The first-order chi connectivity index (χ1) is 12.9. The highest BCUT2D eigenvalue weighted by Crippen LogP contribution is 2.51. The SMILES string of the molecule is C[N+]1(C)C2C=CC1CC(OC(=O)C1(F)c3ccccc3-c3ccccc31)C2.[Br-]. The first-order valence-electron chi connectivity index (χ1n) is 9.53. The summed E-state index contributed by atoms with van der Waals surface area (Å²) >= 11 is 0. The molecule has 2 aromatic carbocycles. The smallest absolute Gasteiger partial charge is 0.353 e. The Morgan fingerprint density at radius 2 is 1.43 bits per heavy atom. The van der Waals surface area contributed by atoms with Gasteiger partial charge >= 0.3 is 5.97 Å². The van der Waals surface area contributed by atoms with E-state index in [-0.39, 0.29) is 23.1 Å². The number of nitrogens with zero attached hydrogens (tertiary/aromatic N) is 1. The van der Waals surface area contributed by atoms with Crippen LogP contribution < -0.4 is 17.0 Å². The normalized spacial score (nSPS) is 27.5. The summed E-state index contributed by atoms with van der Waals surface area (Å²) in [6.45, 7) is 0. The number of benzene rings is 2. The van der Waals surface area contributed by atoms with Crippen molar-refractivity contribution in [2.24, 2.45) is 0 Å². The molecule has 2 atom stereocenters. The van der Waals surface area contributed by atoms with E-state index in [2.05, 4.69) is 26.2 Å². The van der Waals surface area contributed by atoms with Gasteiger partial charge in [-0.1, -0.05) is 48.5 Å². The van der Waals surface area contributed by atoms with Gasteiger partial charge in [-0.3, -0.25) is 0 Å². The number of ether oxygens (including phenoxy) is 1. The van der Waals surface area contributed by atoms with Crippen LogP contribution in [0.15, 0.2) is 60.7 Å². The molecular formula is C23H23BrFNO2. The number of hydrogen-bond acceptors (Lipinski definition) is 2. The standard InChI is InChI=1S/C23H23FNO2.BrH/c1-25(2)15-11-12-16(25)14-17(13-15)27-22(26)23(24)20-9-5-3-7-18(20)19-8-4-6-10-21(19)23;/h3-12,15-17H,13-14H2,1-2H3;1H/q+1;/p-1. The molecule has 2 bridgehead atoms. The third kappa shape index (κ3) is 2.52. The monoisotopic (exact) mass is 443 g/mol. The zero-order valence-corrected chi connectivity index (χ0v) is 17.5. The first kappa shape index (κ1) is 19.3. The number of halogens is 2. The maximum absolute atomic E-state index is 16.3. The Bertz CT molecular complexity index is 907. The second kappa shape index (κ2) is 6.53. The Morgan fingerprint density at radius 1 is 0.964 bits per heavy atom. The molecule has 0 amide bonds. The lowest BCUT2D eigenvalue weighted by Crippen LogP contribution is -3.00. The van der Waals surface area contributed by atoms with E-state index in [1.807, 2.05) is 24.3 Å². The number of carbonyl (C=O) groups excluding carboxylic acids is 1. The van der Waals surface area contributed by atoms with Crippen molar-refractivity contribution in [2.75, 3.05) is 14.1 Å². The highest BCUT2D eigenvalue weighted by molar-refractivity contribution is 5.96. The van der Waals surface area contributed by atoms with Crippen LogP contribution >= 0.6 is 0 Å². The zero-order valence-electron chi connectivity index (χ0n) is 15.9. The van der Waals surface area contributed by atoms with E-state index in [9.17, 15) is 4.79 Å². The minimum absolute atomic E-state index is 0. The third-order valence-electron chi connectivity index (χ3n) is 6.72. The highest BCUT2D eigenvalue weighted by atomic mass is 79.9. The Balaban J connectivity index is 0.00000192. The van der Waals surface area contributed by atoms with Gasteiger partial charge in [0.2, 0.25) is 0 Å². The Morgan fingerprint density at radius 3 is 1.93 bits per heavy atom.